The average molecular weight is 304 g/mol. The first-order valence-corrected chi connectivity index (χ1v) is 7.39. The summed E-state index contributed by atoms with van der Waals surface area (Å²) in [5, 5.41) is 3.38. The van der Waals surface area contributed by atoms with E-state index in [1.807, 2.05) is 6.07 Å². The van der Waals surface area contributed by atoms with Gasteiger partial charge in [-0.3, -0.25) is 4.90 Å². The smallest absolute Gasteiger partial charge is 0.130 e. The van der Waals surface area contributed by atoms with Crippen LogP contribution in [-0.4, -0.2) is 34.0 Å². The van der Waals surface area contributed by atoms with Crippen molar-refractivity contribution in [2.24, 2.45) is 0 Å². The minimum Gasteiger partial charge on any atom is -0.367 e. The van der Waals surface area contributed by atoms with Gasteiger partial charge in [-0.1, -0.05) is 6.07 Å². The van der Waals surface area contributed by atoms with Crippen molar-refractivity contribution in [1.82, 2.24) is 14.9 Å². The first-order valence-electron chi connectivity index (χ1n) is 7.39. The third kappa shape index (κ3) is 3.76. The first kappa shape index (κ1) is 14.8. The summed E-state index contributed by atoms with van der Waals surface area (Å²) in [5.74, 6) is -0.173. The van der Waals surface area contributed by atoms with E-state index in [2.05, 4.69) is 20.2 Å². The number of piperidine rings is 1. The van der Waals surface area contributed by atoms with Gasteiger partial charge >= 0.3 is 0 Å². The number of rotatable bonds is 4. The summed E-state index contributed by atoms with van der Waals surface area (Å²) in [7, 11) is 0. The van der Waals surface area contributed by atoms with Gasteiger partial charge in [-0.15, -0.1) is 0 Å². The molecule has 0 radical (unpaired) electrons. The second kappa shape index (κ2) is 6.79. The third-order valence-corrected chi connectivity index (χ3v) is 3.93. The lowest BCUT2D eigenvalue weighted by molar-refractivity contribution is 0.208. The van der Waals surface area contributed by atoms with Gasteiger partial charge in [0.25, 0.3) is 0 Å². The molecule has 1 aliphatic heterocycles. The van der Waals surface area contributed by atoms with Crippen molar-refractivity contribution in [3.8, 4) is 0 Å². The van der Waals surface area contributed by atoms with Gasteiger partial charge in [0, 0.05) is 43.5 Å². The second-order valence-corrected chi connectivity index (χ2v) is 5.53. The van der Waals surface area contributed by atoms with Crippen molar-refractivity contribution in [2.45, 2.75) is 25.4 Å². The Morgan fingerprint density at radius 1 is 1.18 bits per heavy atom. The highest BCUT2D eigenvalue weighted by Crippen LogP contribution is 2.18. The van der Waals surface area contributed by atoms with Crippen LogP contribution < -0.4 is 5.32 Å². The van der Waals surface area contributed by atoms with E-state index in [0.717, 1.165) is 37.8 Å². The van der Waals surface area contributed by atoms with Gasteiger partial charge in [-0.05, 0) is 25.0 Å². The van der Waals surface area contributed by atoms with Crippen LogP contribution in [0.5, 0.6) is 0 Å². The highest BCUT2D eigenvalue weighted by atomic mass is 19.1. The molecule has 0 unspecified atom stereocenters. The largest absolute Gasteiger partial charge is 0.367 e. The molecule has 0 spiro atoms. The fourth-order valence-corrected chi connectivity index (χ4v) is 2.71. The Morgan fingerprint density at radius 2 is 2.00 bits per heavy atom. The van der Waals surface area contributed by atoms with Gasteiger partial charge in [-0.2, -0.15) is 0 Å². The zero-order valence-electron chi connectivity index (χ0n) is 12.2. The standard InChI is InChI=1S/C16H18F2N4/c17-13-2-1-12(15(18)9-13)10-22-7-4-14(5-8-22)21-16-3-6-19-11-20-16/h1-3,6,9,11,14H,4-5,7-8,10H2,(H,19,20,21). The Kier molecular flexibility index (Phi) is 4.58. The summed E-state index contributed by atoms with van der Waals surface area (Å²) in [5.41, 5.74) is 0.545. The van der Waals surface area contributed by atoms with Crippen LogP contribution in [0.25, 0.3) is 0 Å². The Labute approximate surface area is 128 Å². The highest BCUT2D eigenvalue weighted by Gasteiger charge is 2.20. The molecule has 2 aromatic rings. The van der Waals surface area contributed by atoms with Crippen LogP contribution in [0.15, 0.2) is 36.8 Å². The molecule has 0 amide bonds. The number of nitrogens with zero attached hydrogens (tertiary/aromatic N) is 3. The number of benzene rings is 1. The lowest BCUT2D eigenvalue weighted by Gasteiger charge is -2.32. The molecule has 1 aliphatic rings. The minimum atomic E-state index is -0.533. The van der Waals surface area contributed by atoms with Gasteiger partial charge in [0.05, 0.1) is 0 Å². The SMILES string of the molecule is Fc1ccc(CN2CCC(Nc3ccncn3)CC2)c(F)c1. The molecule has 1 N–H and O–H groups in total. The molecule has 116 valence electrons. The molecule has 0 saturated carbocycles. The van der Waals surface area contributed by atoms with Crippen LogP contribution in [0.1, 0.15) is 18.4 Å². The van der Waals surface area contributed by atoms with E-state index in [9.17, 15) is 8.78 Å². The van der Waals surface area contributed by atoms with E-state index in [-0.39, 0.29) is 0 Å². The molecule has 1 fully saturated rings. The van der Waals surface area contributed by atoms with Crippen LogP contribution in [0.3, 0.4) is 0 Å². The maximum atomic E-state index is 13.7. The average Bonchev–Trinajstić information content (AvgIpc) is 2.53. The Balaban J connectivity index is 1.51. The summed E-state index contributed by atoms with van der Waals surface area (Å²) in [6.45, 7) is 2.27. The molecular formula is C16H18F2N4. The van der Waals surface area contributed by atoms with E-state index >= 15 is 0 Å². The number of nitrogens with one attached hydrogen (secondary N) is 1. The third-order valence-electron chi connectivity index (χ3n) is 3.93. The zero-order valence-corrected chi connectivity index (χ0v) is 12.2. The van der Waals surface area contributed by atoms with Crippen LogP contribution in [-0.2, 0) is 6.54 Å². The van der Waals surface area contributed by atoms with Crippen LogP contribution in [0, 0.1) is 11.6 Å². The van der Waals surface area contributed by atoms with E-state index in [4.69, 9.17) is 0 Å². The molecule has 3 rings (SSSR count). The molecule has 0 aliphatic carbocycles. The summed E-state index contributed by atoms with van der Waals surface area (Å²) >= 11 is 0. The summed E-state index contributed by atoms with van der Waals surface area (Å²) in [6.07, 6.45) is 5.16. The van der Waals surface area contributed by atoms with Crippen LogP contribution >= 0.6 is 0 Å². The number of anilines is 1. The van der Waals surface area contributed by atoms with E-state index in [0.29, 0.717) is 18.2 Å². The Bertz CT molecular complexity index is 613. The lowest BCUT2D eigenvalue weighted by atomic mass is 10.0. The number of halogens is 2. The number of hydrogen-bond acceptors (Lipinski definition) is 4. The summed E-state index contributed by atoms with van der Waals surface area (Å²) in [4.78, 5) is 10.2. The minimum absolute atomic E-state index is 0.365. The van der Waals surface area contributed by atoms with Crippen molar-refractivity contribution in [2.75, 3.05) is 18.4 Å². The fourth-order valence-electron chi connectivity index (χ4n) is 2.71. The predicted molar refractivity (Wildman–Crippen MR) is 80.3 cm³/mol. The van der Waals surface area contributed by atoms with Gasteiger partial charge in [0.1, 0.15) is 23.8 Å². The molecule has 0 bridgehead atoms. The van der Waals surface area contributed by atoms with E-state index in [1.54, 1.807) is 6.20 Å². The monoisotopic (exact) mass is 304 g/mol. The molecule has 22 heavy (non-hydrogen) atoms. The van der Waals surface area contributed by atoms with Gasteiger partial charge in [0.15, 0.2) is 0 Å². The van der Waals surface area contributed by atoms with Gasteiger partial charge in [0.2, 0.25) is 0 Å². The second-order valence-electron chi connectivity index (χ2n) is 5.53. The molecular weight excluding hydrogens is 286 g/mol. The molecule has 4 nitrogen and oxygen atoms in total. The highest BCUT2D eigenvalue weighted by molar-refractivity contribution is 5.33. The Morgan fingerprint density at radius 3 is 2.68 bits per heavy atom. The van der Waals surface area contributed by atoms with Crippen molar-refractivity contribution in [3.05, 3.63) is 54.0 Å². The molecule has 6 heteroatoms. The van der Waals surface area contributed by atoms with Crippen LogP contribution in [0.2, 0.25) is 0 Å². The normalized spacial score (nSPS) is 16.6. The van der Waals surface area contributed by atoms with Crippen LogP contribution in [0.4, 0.5) is 14.6 Å². The molecule has 2 heterocycles. The molecule has 1 aromatic heterocycles. The zero-order chi connectivity index (χ0) is 15.4. The maximum absolute atomic E-state index is 13.7. The van der Waals surface area contributed by atoms with E-state index in [1.165, 1.54) is 18.5 Å². The molecule has 0 atom stereocenters. The van der Waals surface area contributed by atoms with Gasteiger partial charge < -0.3 is 5.32 Å². The van der Waals surface area contributed by atoms with E-state index < -0.39 is 11.6 Å². The van der Waals surface area contributed by atoms with Crippen molar-refractivity contribution in [1.29, 1.82) is 0 Å². The number of likely N-dealkylation sites (tertiary alicyclic amines) is 1. The van der Waals surface area contributed by atoms with Crippen molar-refractivity contribution < 1.29 is 8.78 Å². The topological polar surface area (TPSA) is 41.0 Å². The maximum Gasteiger partial charge on any atom is 0.130 e. The van der Waals surface area contributed by atoms with Crippen molar-refractivity contribution >= 4 is 5.82 Å². The molecule has 1 aromatic carbocycles. The fraction of sp³-hybridized carbons (Fsp3) is 0.375. The number of aromatic nitrogens is 2. The van der Waals surface area contributed by atoms with Crippen molar-refractivity contribution in [3.63, 3.8) is 0 Å². The quantitative estimate of drug-likeness (QED) is 0.943. The Hall–Kier alpha value is -2.08. The lowest BCUT2D eigenvalue weighted by Crippen LogP contribution is -2.38. The first-order chi connectivity index (χ1) is 10.7. The summed E-state index contributed by atoms with van der Waals surface area (Å²) < 4.78 is 26.6. The summed E-state index contributed by atoms with van der Waals surface area (Å²) in [6, 6.07) is 5.99. The molecule has 1 saturated heterocycles. The van der Waals surface area contributed by atoms with Gasteiger partial charge in [-0.25, -0.2) is 18.7 Å². The number of hydrogen-bond donors (Lipinski definition) is 1. The predicted octanol–water partition coefficient (Wildman–Crippen LogP) is 2.83.